The number of hydrogen-bond donors (Lipinski definition) is 3. The van der Waals surface area contributed by atoms with E-state index in [2.05, 4.69) is 86.3 Å². The Morgan fingerprint density at radius 1 is 0.964 bits per heavy atom. The molecule has 5 heterocycles. The van der Waals surface area contributed by atoms with Gasteiger partial charge < -0.3 is 20.1 Å². The number of aliphatic hydroxyl groups excluding tert-OH is 1. The van der Waals surface area contributed by atoms with Crippen molar-refractivity contribution in [3.05, 3.63) is 131 Å². The summed E-state index contributed by atoms with van der Waals surface area (Å²) < 4.78 is 39.2. The van der Waals surface area contributed by atoms with Crippen LogP contribution in [0, 0.1) is 25.7 Å². The second kappa shape index (κ2) is 15.5. The Hall–Kier alpha value is -2.82. The molecule has 2 bridgehead atoms. The van der Waals surface area contributed by atoms with Gasteiger partial charge in [-0.15, -0.1) is 6.58 Å². The summed E-state index contributed by atoms with van der Waals surface area (Å²) in [6, 6.07) is 17.9. The molecule has 0 amide bonds. The van der Waals surface area contributed by atoms with Gasteiger partial charge in [0.15, 0.2) is 5.60 Å². The number of halogens is 4. The van der Waals surface area contributed by atoms with Crippen LogP contribution in [0.15, 0.2) is 102 Å². The van der Waals surface area contributed by atoms with Crippen molar-refractivity contribution in [3.63, 3.8) is 0 Å². The number of piperidine rings is 3. The molecule has 4 aliphatic heterocycles. The molecule has 3 N–H and O–H groups in total. The molecular weight excluding hydrogens is 984 g/mol. The zero-order valence-corrected chi connectivity index (χ0v) is 37.2. The Morgan fingerprint density at radius 2 is 1.60 bits per heavy atom. The Morgan fingerprint density at radius 3 is 2.18 bits per heavy atom. The standard InChI is InChI=1S/C21H14Br4O5S.C20H24N2O2/c1-9-12(7-14(22)19(26)17(9)24)21(13-8-15(23)20(27)18(25)10(13)2)11-5-3-4-6-16(11)31(28,29)30-21;1-3-13-12-22-9-7-14(13)10-19(22)20(23)16-6-8-21-18-5-4-15(24-2)11-17(16)18/h3-8,26-27H,1-2H3;3-6,8,11,13-14,19-20,23H,1,7,9-10,12H2,2H3. The Balaban J connectivity index is 0.000000174. The highest BCUT2D eigenvalue weighted by Crippen LogP contribution is 2.56. The third-order valence-corrected chi connectivity index (χ3v) is 15.7. The quantitative estimate of drug-likeness (QED) is 0.113. The molecule has 0 spiro atoms. The highest BCUT2D eigenvalue weighted by Gasteiger charge is 2.53. The van der Waals surface area contributed by atoms with Crippen molar-refractivity contribution in [2.45, 2.75) is 49.3 Å². The number of aliphatic hydroxyl groups is 1. The Labute approximate surface area is 354 Å². The van der Waals surface area contributed by atoms with Gasteiger partial charge in [-0.3, -0.25) is 9.88 Å². The fourth-order valence-corrected chi connectivity index (χ4v) is 12.0. The topological polar surface area (TPSA) is 129 Å². The van der Waals surface area contributed by atoms with Crippen LogP contribution in [0.3, 0.4) is 0 Å². The number of phenols is 2. The molecule has 9 rings (SSSR count). The van der Waals surface area contributed by atoms with Gasteiger partial charge in [0.2, 0.25) is 0 Å². The van der Waals surface area contributed by atoms with Crippen LogP contribution in [-0.2, 0) is 19.9 Å². The molecule has 5 aromatic rings. The largest absolute Gasteiger partial charge is 0.506 e. The van der Waals surface area contributed by atoms with Gasteiger partial charge in [-0.1, -0.05) is 24.3 Å². The van der Waals surface area contributed by atoms with E-state index in [1.807, 2.05) is 24.3 Å². The maximum Gasteiger partial charge on any atom is 0.298 e. The van der Waals surface area contributed by atoms with Crippen molar-refractivity contribution in [1.82, 2.24) is 9.88 Å². The highest BCUT2D eigenvalue weighted by atomic mass is 79.9. The maximum atomic E-state index is 13.1. The first-order valence-corrected chi connectivity index (χ1v) is 22.1. The van der Waals surface area contributed by atoms with Gasteiger partial charge in [0.05, 0.1) is 36.6 Å². The smallest absolute Gasteiger partial charge is 0.298 e. The number of hydrogen-bond acceptors (Lipinski definition) is 9. The number of aromatic hydroxyl groups is 2. The zero-order chi connectivity index (χ0) is 39.6. The molecule has 288 valence electrons. The van der Waals surface area contributed by atoms with Gasteiger partial charge in [-0.2, -0.15) is 8.42 Å². The van der Waals surface area contributed by atoms with E-state index in [9.17, 15) is 23.7 Å². The molecule has 1 aromatic heterocycles. The van der Waals surface area contributed by atoms with E-state index in [-0.39, 0.29) is 22.4 Å². The molecule has 5 unspecified atom stereocenters. The lowest BCUT2D eigenvalue weighted by molar-refractivity contribution is -0.0444. The van der Waals surface area contributed by atoms with Crippen LogP contribution >= 0.6 is 63.7 Å². The molecule has 14 heteroatoms. The fraction of sp³-hybridized carbons (Fsp3) is 0.293. The van der Waals surface area contributed by atoms with Crippen LogP contribution in [0.2, 0.25) is 0 Å². The van der Waals surface area contributed by atoms with Crippen molar-refractivity contribution in [2.24, 2.45) is 11.8 Å². The molecule has 0 aliphatic carbocycles. The average molecular weight is 1020 g/mol. The number of nitrogens with zero attached hydrogens (tertiary/aromatic N) is 2. The average Bonchev–Trinajstić information content (AvgIpc) is 3.45. The van der Waals surface area contributed by atoms with Crippen LogP contribution in [0.1, 0.15) is 52.3 Å². The molecule has 0 saturated carbocycles. The van der Waals surface area contributed by atoms with E-state index in [0.717, 1.165) is 41.7 Å². The number of benzene rings is 4. The summed E-state index contributed by atoms with van der Waals surface area (Å²) in [5, 5.41) is 32.9. The number of rotatable bonds is 6. The Kier molecular flexibility index (Phi) is 11.4. The van der Waals surface area contributed by atoms with Gasteiger partial charge in [-0.25, -0.2) is 4.18 Å². The summed E-state index contributed by atoms with van der Waals surface area (Å²) in [7, 11) is -2.44. The predicted molar refractivity (Wildman–Crippen MR) is 226 cm³/mol. The maximum absolute atomic E-state index is 13.1. The lowest BCUT2D eigenvalue weighted by Gasteiger charge is -2.50. The van der Waals surface area contributed by atoms with Crippen LogP contribution in [0.4, 0.5) is 0 Å². The fourth-order valence-electron chi connectivity index (χ4n) is 8.34. The number of pyridine rings is 1. The number of aromatic nitrogens is 1. The highest BCUT2D eigenvalue weighted by molar-refractivity contribution is 9.11. The summed E-state index contributed by atoms with van der Waals surface area (Å²) in [6.45, 7) is 9.60. The van der Waals surface area contributed by atoms with Crippen molar-refractivity contribution in [2.75, 3.05) is 20.2 Å². The summed E-state index contributed by atoms with van der Waals surface area (Å²) in [5.74, 6) is 2.00. The van der Waals surface area contributed by atoms with Crippen molar-refractivity contribution < 1.29 is 32.7 Å². The molecular formula is C41H38Br4N2O7S. The minimum atomic E-state index is -4.10. The van der Waals surface area contributed by atoms with Gasteiger partial charge >= 0.3 is 0 Å². The van der Waals surface area contributed by atoms with E-state index in [1.165, 1.54) is 12.5 Å². The Bertz CT molecular complexity index is 2400. The molecule has 0 radical (unpaired) electrons. The minimum absolute atomic E-state index is 0.00433. The first kappa shape index (κ1) is 40.4. The van der Waals surface area contributed by atoms with Crippen LogP contribution in [0.25, 0.3) is 10.9 Å². The third kappa shape index (κ3) is 6.88. The molecule has 55 heavy (non-hydrogen) atoms. The van der Waals surface area contributed by atoms with E-state index in [4.69, 9.17) is 8.92 Å². The molecule has 9 nitrogen and oxygen atoms in total. The number of ether oxygens (including phenoxy) is 1. The van der Waals surface area contributed by atoms with E-state index >= 15 is 0 Å². The zero-order valence-electron chi connectivity index (χ0n) is 30.1. The second-order valence-corrected chi connectivity index (χ2v) is 18.9. The second-order valence-electron chi connectivity index (χ2n) is 14.1. The number of fused-ring (bicyclic) bond motifs is 5. The minimum Gasteiger partial charge on any atom is -0.506 e. The van der Waals surface area contributed by atoms with E-state index in [0.29, 0.717) is 57.5 Å². The normalized spacial score (nSPS) is 22.4. The van der Waals surface area contributed by atoms with Crippen LogP contribution < -0.4 is 4.74 Å². The molecule has 3 saturated heterocycles. The summed E-state index contributed by atoms with van der Waals surface area (Å²) >= 11 is 13.5. The van der Waals surface area contributed by atoms with Crippen molar-refractivity contribution >= 4 is 84.7 Å². The van der Waals surface area contributed by atoms with Crippen LogP contribution in [0.5, 0.6) is 17.2 Å². The third-order valence-electron chi connectivity index (χ3n) is 11.2. The number of methoxy groups -OCH3 is 1. The monoisotopic (exact) mass is 1020 g/mol. The van der Waals surface area contributed by atoms with Gasteiger partial charge in [0.1, 0.15) is 22.1 Å². The van der Waals surface area contributed by atoms with Gasteiger partial charge in [0, 0.05) is 29.7 Å². The summed E-state index contributed by atoms with van der Waals surface area (Å²) in [4.78, 5) is 6.92. The first-order chi connectivity index (χ1) is 26.1. The first-order valence-electron chi connectivity index (χ1n) is 17.5. The summed E-state index contributed by atoms with van der Waals surface area (Å²) in [5.41, 5.74) is 2.98. The SMILES string of the molecule is C=CC1CN2CCC1CC2C(O)c1ccnc2ccc(OC)cc12.Cc1c(C2(c3cc(Br)c(O)c(Br)c3C)OS(=O)(=O)c3ccccc32)cc(Br)c(O)c1Br. The molecule has 5 atom stereocenters. The van der Waals surface area contributed by atoms with Gasteiger partial charge in [-0.05, 0) is 179 Å². The lowest BCUT2D eigenvalue weighted by atomic mass is 9.73. The van der Waals surface area contributed by atoms with E-state index in [1.54, 1.807) is 57.5 Å². The molecule has 3 fully saturated rings. The van der Waals surface area contributed by atoms with Crippen LogP contribution in [-0.4, -0.2) is 59.9 Å². The summed E-state index contributed by atoms with van der Waals surface area (Å²) in [6.07, 6.45) is 5.62. The van der Waals surface area contributed by atoms with Gasteiger partial charge in [0.25, 0.3) is 10.1 Å². The van der Waals surface area contributed by atoms with E-state index < -0.39 is 21.8 Å². The molecule has 4 aliphatic rings. The lowest BCUT2D eigenvalue weighted by Crippen LogP contribution is -2.54. The molecule has 4 aromatic carbocycles. The predicted octanol–water partition coefficient (Wildman–Crippen LogP) is 9.95. The number of phenolic OH excluding ortho intramolecular Hbond substituents is 2. The van der Waals surface area contributed by atoms with Crippen molar-refractivity contribution in [3.8, 4) is 17.2 Å². The van der Waals surface area contributed by atoms with Crippen molar-refractivity contribution in [1.29, 1.82) is 0 Å².